The van der Waals surface area contributed by atoms with E-state index in [1.165, 1.54) is 11.0 Å². The Labute approximate surface area is 104 Å². The maximum atomic E-state index is 11.7. The third-order valence-corrected chi connectivity index (χ3v) is 2.32. The predicted octanol–water partition coefficient (Wildman–Crippen LogP) is 0.0312. The standard InChI is InChI=1S/C11H14N6O/c1-12-6-9-2-4-10(5-3-9)14-11(18)7-17-8-13-15-16-17/h2-5,8,12H,6-7H2,1H3,(H,14,18). The molecule has 7 nitrogen and oxygen atoms in total. The summed E-state index contributed by atoms with van der Waals surface area (Å²) in [7, 11) is 1.89. The van der Waals surface area contributed by atoms with E-state index in [0.29, 0.717) is 0 Å². The van der Waals surface area contributed by atoms with Gasteiger partial charge in [-0.3, -0.25) is 4.79 Å². The zero-order valence-electron chi connectivity index (χ0n) is 10.00. The number of hydrogen-bond donors (Lipinski definition) is 2. The lowest BCUT2D eigenvalue weighted by Crippen LogP contribution is -2.19. The lowest BCUT2D eigenvalue weighted by atomic mass is 10.2. The largest absolute Gasteiger partial charge is 0.324 e. The van der Waals surface area contributed by atoms with Gasteiger partial charge in [-0.05, 0) is 35.2 Å². The summed E-state index contributed by atoms with van der Waals surface area (Å²) in [5.41, 5.74) is 1.92. The molecule has 0 aliphatic rings. The molecule has 1 aromatic heterocycles. The summed E-state index contributed by atoms with van der Waals surface area (Å²) >= 11 is 0. The average molecular weight is 246 g/mol. The van der Waals surface area contributed by atoms with Gasteiger partial charge in [0, 0.05) is 12.2 Å². The normalized spacial score (nSPS) is 10.3. The third-order valence-electron chi connectivity index (χ3n) is 2.32. The molecule has 0 saturated heterocycles. The minimum absolute atomic E-state index is 0.102. The molecule has 0 radical (unpaired) electrons. The van der Waals surface area contributed by atoms with Gasteiger partial charge in [-0.2, -0.15) is 0 Å². The van der Waals surface area contributed by atoms with Gasteiger partial charge in [0.25, 0.3) is 0 Å². The Hall–Kier alpha value is -2.28. The van der Waals surface area contributed by atoms with Gasteiger partial charge in [-0.15, -0.1) is 5.10 Å². The molecule has 0 unspecified atom stereocenters. The van der Waals surface area contributed by atoms with Crippen LogP contribution < -0.4 is 10.6 Å². The second kappa shape index (κ2) is 5.87. The first-order valence-corrected chi connectivity index (χ1v) is 5.52. The number of nitrogens with zero attached hydrogens (tertiary/aromatic N) is 4. The Balaban J connectivity index is 1.90. The molecule has 0 saturated carbocycles. The summed E-state index contributed by atoms with van der Waals surface area (Å²) in [5, 5.41) is 16.4. The highest BCUT2D eigenvalue weighted by molar-refractivity contribution is 5.90. The highest BCUT2D eigenvalue weighted by atomic mass is 16.2. The van der Waals surface area contributed by atoms with Gasteiger partial charge in [0.1, 0.15) is 12.9 Å². The van der Waals surface area contributed by atoms with Crippen molar-refractivity contribution in [1.82, 2.24) is 25.5 Å². The van der Waals surface area contributed by atoms with Crippen LogP contribution in [0.5, 0.6) is 0 Å². The smallest absolute Gasteiger partial charge is 0.246 e. The summed E-state index contributed by atoms with van der Waals surface area (Å²) in [6, 6.07) is 7.65. The number of hydrogen-bond acceptors (Lipinski definition) is 5. The first kappa shape index (κ1) is 12.2. The molecule has 0 bridgehead atoms. The lowest BCUT2D eigenvalue weighted by Gasteiger charge is -2.06. The lowest BCUT2D eigenvalue weighted by molar-refractivity contribution is -0.116. The maximum Gasteiger partial charge on any atom is 0.246 e. The summed E-state index contributed by atoms with van der Waals surface area (Å²) in [6.45, 7) is 0.907. The number of anilines is 1. The molecular weight excluding hydrogens is 232 g/mol. The zero-order chi connectivity index (χ0) is 12.8. The monoisotopic (exact) mass is 246 g/mol. The molecule has 1 amide bonds. The fourth-order valence-electron chi connectivity index (χ4n) is 1.51. The van der Waals surface area contributed by atoms with Gasteiger partial charge < -0.3 is 10.6 Å². The molecule has 94 valence electrons. The summed E-state index contributed by atoms with van der Waals surface area (Å²) in [5.74, 6) is -0.163. The third kappa shape index (κ3) is 3.36. The van der Waals surface area contributed by atoms with E-state index >= 15 is 0 Å². The Morgan fingerprint density at radius 1 is 1.33 bits per heavy atom. The zero-order valence-corrected chi connectivity index (χ0v) is 10.00. The van der Waals surface area contributed by atoms with E-state index in [4.69, 9.17) is 0 Å². The molecule has 0 aliphatic heterocycles. The second-order valence-electron chi connectivity index (χ2n) is 3.78. The van der Waals surface area contributed by atoms with Gasteiger partial charge in [-0.1, -0.05) is 12.1 Å². The number of carbonyl (C=O) groups is 1. The van der Waals surface area contributed by atoms with Crippen LogP contribution in [0.25, 0.3) is 0 Å². The molecule has 2 rings (SSSR count). The Morgan fingerprint density at radius 2 is 2.11 bits per heavy atom. The molecule has 2 N–H and O–H groups in total. The minimum Gasteiger partial charge on any atom is -0.324 e. The van der Waals surface area contributed by atoms with Crippen molar-refractivity contribution < 1.29 is 4.79 Å². The van der Waals surface area contributed by atoms with Crippen molar-refractivity contribution in [3.05, 3.63) is 36.2 Å². The van der Waals surface area contributed by atoms with Crippen LogP contribution in [0.1, 0.15) is 5.56 Å². The Bertz CT molecular complexity index is 493. The van der Waals surface area contributed by atoms with Crippen molar-refractivity contribution >= 4 is 11.6 Å². The quantitative estimate of drug-likeness (QED) is 0.777. The molecule has 0 atom stereocenters. The van der Waals surface area contributed by atoms with Crippen molar-refractivity contribution in [3.8, 4) is 0 Å². The van der Waals surface area contributed by atoms with E-state index in [1.54, 1.807) is 0 Å². The number of benzene rings is 1. The summed E-state index contributed by atoms with van der Waals surface area (Å²) in [6.07, 6.45) is 1.40. The van der Waals surface area contributed by atoms with Crippen molar-refractivity contribution in [3.63, 3.8) is 0 Å². The molecule has 0 fully saturated rings. The number of aromatic nitrogens is 4. The fourth-order valence-corrected chi connectivity index (χ4v) is 1.51. The van der Waals surface area contributed by atoms with E-state index in [1.807, 2.05) is 31.3 Å². The second-order valence-corrected chi connectivity index (χ2v) is 3.78. The predicted molar refractivity (Wildman–Crippen MR) is 65.7 cm³/mol. The Kier molecular flexibility index (Phi) is 3.98. The van der Waals surface area contributed by atoms with Gasteiger partial charge in [-0.25, -0.2) is 4.68 Å². The molecule has 1 aromatic carbocycles. The van der Waals surface area contributed by atoms with Crippen molar-refractivity contribution in [2.45, 2.75) is 13.1 Å². The number of nitrogens with one attached hydrogen (secondary N) is 2. The number of carbonyl (C=O) groups excluding carboxylic acids is 1. The molecule has 0 aliphatic carbocycles. The fraction of sp³-hybridized carbons (Fsp3) is 0.273. The highest BCUT2D eigenvalue weighted by Crippen LogP contribution is 2.09. The molecule has 1 heterocycles. The SMILES string of the molecule is CNCc1ccc(NC(=O)Cn2cnnn2)cc1. The van der Waals surface area contributed by atoms with Crippen LogP contribution in [-0.4, -0.2) is 33.2 Å². The van der Waals surface area contributed by atoms with E-state index in [-0.39, 0.29) is 12.5 Å². The van der Waals surface area contributed by atoms with Crippen LogP contribution in [0.4, 0.5) is 5.69 Å². The van der Waals surface area contributed by atoms with Gasteiger partial charge in [0.05, 0.1) is 0 Å². The Morgan fingerprint density at radius 3 is 2.72 bits per heavy atom. The molecule has 18 heavy (non-hydrogen) atoms. The average Bonchev–Trinajstić information content (AvgIpc) is 2.84. The van der Waals surface area contributed by atoms with Gasteiger partial charge in [0.15, 0.2) is 0 Å². The van der Waals surface area contributed by atoms with Crippen molar-refractivity contribution in [1.29, 1.82) is 0 Å². The van der Waals surface area contributed by atoms with Crippen LogP contribution >= 0.6 is 0 Å². The topological polar surface area (TPSA) is 84.7 Å². The first-order valence-electron chi connectivity index (χ1n) is 5.52. The van der Waals surface area contributed by atoms with Gasteiger partial charge >= 0.3 is 0 Å². The van der Waals surface area contributed by atoms with Crippen LogP contribution in [0.15, 0.2) is 30.6 Å². The highest BCUT2D eigenvalue weighted by Gasteiger charge is 2.04. The summed E-state index contributed by atoms with van der Waals surface area (Å²) in [4.78, 5) is 11.7. The molecule has 0 spiro atoms. The van der Waals surface area contributed by atoms with Crippen LogP contribution in [0, 0.1) is 0 Å². The maximum absolute atomic E-state index is 11.7. The van der Waals surface area contributed by atoms with Crippen LogP contribution in [0.2, 0.25) is 0 Å². The van der Waals surface area contributed by atoms with E-state index in [2.05, 4.69) is 26.2 Å². The first-order chi connectivity index (χ1) is 8.78. The van der Waals surface area contributed by atoms with E-state index in [0.717, 1.165) is 17.8 Å². The van der Waals surface area contributed by atoms with E-state index < -0.39 is 0 Å². The minimum atomic E-state index is -0.163. The van der Waals surface area contributed by atoms with Crippen LogP contribution in [-0.2, 0) is 17.9 Å². The molecule has 7 heteroatoms. The van der Waals surface area contributed by atoms with Crippen LogP contribution in [0.3, 0.4) is 0 Å². The number of rotatable bonds is 5. The molecule has 2 aromatic rings. The van der Waals surface area contributed by atoms with E-state index in [9.17, 15) is 4.79 Å². The number of amides is 1. The molecular formula is C11H14N6O. The summed E-state index contributed by atoms with van der Waals surface area (Å²) < 4.78 is 1.37. The number of tetrazole rings is 1. The van der Waals surface area contributed by atoms with Crippen molar-refractivity contribution in [2.75, 3.05) is 12.4 Å². The van der Waals surface area contributed by atoms with Gasteiger partial charge in [0.2, 0.25) is 5.91 Å². The van der Waals surface area contributed by atoms with Crippen molar-refractivity contribution in [2.24, 2.45) is 0 Å².